The lowest BCUT2D eigenvalue weighted by Crippen LogP contribution is -2.46. The molecule has 1 aliphatic carbocycles. The Morgan fingerprint density at radius 1 is 1.00 bits per heavy atom. The Labute approximate surface area is 103 Å². The van der Waals surface area contributed by atoms with Crippen molar-refractivity contribution in [1.82, 2.24) is 4.90 Å². The van der Waals surface area contributed by atoms with E-state index in [-0.39, 0.29) is 0 Å². The summed E-state index contributed by atoms with van der Waals surface area (Å²) in [5, 5.41) is 9.41. The molecule has 1 heterocycles. The first kappa shape index (κ1) is 11.1. The Morgan fingerprint density at radius 3 is 2.18 bits per heavy atom. The highest BCUT2D eigenvalue weighted by Crippen LogP contribution is 2.42. The summed E-state index contributed by atoms with van der Waals surface area (Å²) in [6, 6.07) is 7.93. The molecule has 0 atom stereocenters. The van der Waals surface area contributed by atoms with E-state index in [1.165, 1.54) is 57.3 Å². The summed E-state index contributed by atoms with van der Waals surface area (Å²) in [6.07, 6.45) is 6.71. The van der Waals surface area contributed by atoms with Crippen molar-refractivity contribution in [3.63, 3.8) is 0 Å². The van der Waals surface area contributed by atoms with Crippen LogP contribution >= 0.6 is 0 Å². The number of likely N-dealkylation sites (tertiary alicyclic amines) is 1. The number of phenols is 1. The van der Waals surface area contributed by atoms with Crippen molar-refractivity contribution < 1.29 is 5.11 Å². The molecule has 1 aromatic carbocycles. The van der Waals surface area contributed by atoms with Crippen molar-refractivity contribution in [1.29, 1.82) is 0 Å². The molecular formula is C15H21NO. The van der Waals surface area contributed by atoms with E-state index < -0.39 is 0 Å². The number of rotatable bonds is 3. The van der Waals surface area contributed by atoms with Gasteiger partial charge in [0, 0.05) is 12.0 Å². The Morgan fingerprint density at radius 2 is 1.65 bits per heavy atom. The third kappa shape index (κ3) is 2.06. The lowest BCUT2D eigenvalue weighted by molar-refractivity contribution is 0.136. The van der Waals surface area contributed by atoms with Crippen molar-refractivity contribution in [3.05, 3.63) is 29.8 Å². The van der Waals surface area contributed by atoms with Gasteiger partial charge in [0.2, 0.25) is 0 Å². The molecule has 1 aliphatic heterocycles. The Kier molecular flexibility index (Phi) is 2.83. The zero-order valence-corrected chi connectivity index (χ0v) is 10.4. The molecule has 1 N–H and O–H groups in total. The SMILES string of the molecule is Oc1ccc(C2(CN3CCC3)CCCC2)cc1. The molecule has 3 rings (SSSR count). The fraction of sp³-hybridized carbons (Fsp3) is 0.600. The van der Waals surface area contributed by atoms with Crippen LogP contribution in [0, 0.1) is 0 Å². The van der Waals surface area contributed by atoms with Gasteiger partial charge >= 0.3 is 0 Å². The molecule has 17 heavy (non-hydrogen) atoms. The van der Waals surface area contributed by atoms with Crippen molar-refractivity contribution in [2.24, 2.45) is 0 Å². The first-order valence-corrected chi connectivity index (χ1v) is 6.80. The standard InChI is InChI=1S/C15H21NO/c17-14-6-4-13(5-7-14)15(8-1-2-9-15)12-16-10-3-11-16/h4-7,17H,1-3,8-12H2. The van der Waals surface area contributed by atoms with Crippen molar-refractivity contribution in [3.8, 4) is 5.75 Å². The summed E-state index contributed by atoms with van der Waals surface area (Å²) in [6.45, 7) is 3.78. The summed E-state index contributed by atoms with van der Waals surface area (Å²) < 4.78 is 0. The van der Waals surface area contributed by atoms with Crippen LogP contribution in [0.3, 0.4) is 0 Å². The largest absolute Gasteiger partial charge is 0.508 e. The second kappa shape index (κ2) is 4.34. The highest BCUT2D eigenvalue weighted by Gasteiger charge is 2.38. The van der Waals surface area contributed by atoms with Crippen LogP contribution in [0.25, 0.3) is 0 Å². The van der Waals surface area contributed by atoms with Crippen LogP contribution in [0.5, 0.6) is 5.75 Å². The number of nitrogens with zero attached hydrogens (tertiary/aromatic N) is 1. The minimum Gasteiger partial charge on any atom is -0.508 e. The molecular weight excluding hydrogens is 210 g/mol. The molecule has 0 amide bonds. The van der Waals surface area contributed by atoms with E-state index in [1.807, 2.05) is 12.1 Å². The van der Waals surface area contributed by atoms with Gasteiger partial charge in [0.15, 0.2) is 0 Å². The number of benzene rings is 1. The normalized spacial score (nSPS) is 23.5. The number of hydrogen-bond acceptors (Lipinski definition) is 2. The molecule has 0 radical (unpaired) electrons. The van der Waals surface area contributed by atoms with E-state index in [4.69, 9.17) is 0 Å². The van der Waals surface area contributed by atoms with Gasteiger partial charge in [-0.05, 0) is 50.0 Å². The Balaban J connectivity index is 1.84. The molecule has 0 unspecified atom stereocenters. The Hall–Kier alpha value is -1.02. The summed E-state index contributed by atoms with van der Waals surface area (Å²) >= 11 is 0. The Bertz CT molecular complexity index is 374. The maximum atomic E-state index is 9.41. The maximum absolute atomic E-state index is 9.41. The molecule has 92 valence electrons. The summed E-state index contributed by atoms with van der Waals surface area (Å²) in [5.41, 5.74) is 1.80. The third-order valence-corrected chi connectivity index (χ3v) is 4.52. The van der Waals surface area contributed by atoms with Gasteiger partial charge < -0.3 is 10.0 Å². The lowest BCUT2D eigenvalue weighted by atomic mass is 9.78. The summed E-state index contributed by atoms with van der Waals surface area (Å²) in [4.78, 5) is 2.58. The van der Waals surface area contributed by atoms with Crippen LogP contribution in [0.2, 0.25) is 0 Å². The molecule has 1 aromatic rings. The average Bonchev–Trinajstić information content (AvgIpc) is 2.74. The van der Waals surface area contributed by atoms with E-state index in [1.54, 1.807) is 0 Å². The predicted molar refractivity (Wildman–Crippen MR) is 69.3 cm³/mol. The average molecular weight is 231 g/mol. The minimum atomic E-state index is 0.369. The van der Waals surface area contributed by atoms with E-state index in [0.717, 1.165) is 0 Å². The van der Waals surface area contributed by atoms with Crippen LogP contribution in [-0.4, -0.2) is 29.6 Å². The molecule has 0 aromatic heterocycles. The van der Waals surface area contributed by atoms with Gasteiger partial charge in [-0.1, -0.05) is 25.0 Å². The molecule has 1 saturated heterocycles. The highest BCUT2D eigenvalue weighted by molar-refractivity contribution is 5.33. The van der Waals surface area contributed by atoms with Crippen molar-refractivity contribution in [2.75, 3.05) is 19.6 Å². The molecule has 1 saturated carbocycles. The van der Waals surface area contributed by atoms with Crippen LogP contribution in [0.15, 0.2) is 24.3 Å². The van der Waals surface area contributed by atoms with Gasteiger partial charge in [-0.3, -0.25) is 0 Å². The first-order chi connectivity index (χ1) is 8.28. The summed E-state index contributed by atoms with van der Waals surface area (Å²) in [7, 11) is 0. The van der Waals surface area contributed by atoms with E-state index in [2.05, 4.69) is 17.0 Å². The number of phenolic OH excluding ortho intramolecular Hbond substituents is 1. The zero-order valence-electron chi connectivity index (χ0n) is 10.4. The van der Waals surface area contributed by atoms with Crippen molar-refractivity contribution >= 4 is 0 Å². The number of aromatic hydroxyl groups is 1. The highest BCUT2D eigenvalue weighted by atomic mass is 16.3. The fourth-order valence-corrected chi connectivity index (χ4v) is 3.37. The second-order valence-electron chi connectivity index (χ2n) is 5.66. The monoisotopic (exact) mass is 231 g/mol. The number of hydrogen-bond donors (Lipinski definition) is 1. The smallest absolute Gasteiger partial charge is 0.115 e. The fourth-order valence-electron chi connectivity index (χ4n) is 3.37. The van der Waals surface area contributed by atoms with Crippen LogP contribution in [-0.2, 0) is 5.41 Å². The molecule has 2 aliphatic rings. The van der Waals surface area contributed by atoms with Gasteiger partial charge in [0.25, 0.3) is 0 Å². The molecule has 2 nitrogen and oxygen atoms in total. The third-order valence-electron chi connectivity index (χ3n) is 4.52. The van der Waals surface area contributed by atoms with Crippen LogP contribution in [0.1, 0.15) is 37.7 Å². The maximum Gasteiger partial charge on any atom is 0.115 e. The first-order valence-electron chi connectivity index (χ1n) is 6.80. The quantitative estimate of drug-likeness (QED) is 0.864. The van der Waals surface area contributed by atoms with E-state index in [9.17, 15) is 5.11 Å². The topological polar surface area (TPSA) is 23.5 Å². The van der Waals surface area contributed by atoms with Crippen LogP contribution in [0.4, 0.5) is 0 Å². The van der Waals surface area contributed by atoms with E-state index in [0.29, 0.717) is 11.2 Å². The van der Waals surface area contributed by atoms with Gasteiger partial charge in [0.05, 0.1) is 0 Å². The molecule has 2 heteroatoms. The summed E-state index contributed by atoms with van der Waals surface area (Å²) in [5.74, 6) is 0.380. The minimum absolute atomic E-state index is 0.369. The van der Waals surface area contributed by atoms with Gasteiger partial charge in [0.1, 0.15) is 5.75 Å². The molecule has 0 bridgehead atoms. The molecule has 0 spiro atoms. The van der Waals surface area contributed by atoms with Crippen LogP contribution < -0.4 is 0 Å². The van der Waals surface area contributed by atoms with E-state index >= 15 is 0 Å². The zero-order chi connectivity index (χ0) is 11.7. The van der Waals surface area contributed by atoms with Gasteiger partial charge in [-0.2, -0.15) is 0 Å². The lowest BCUT2D eigenvalue weighted by Gasteiger charge is -2.40. The van der Waals surface area contributed by atoms with Crippen molar-refractivity contribution in [2.45, 2.75) is 37.5 Å². The molecule has 2 fully saturated rings. The van der Waals surface area contributed by atoms with Gasteiger partial charge in [-0.25, -0.2) is 0 Å². The predicted octanol–water partition coefficient (Wildman–Crippen LogP) is 2.91. The van der Waals surface area contributed by atoms with Gasteiger partial charge in [-0.15, -0.1) is 0 Å². The second-order valence-corrected chi connectivity index (χ2v) is 5.66.